The van der Waals surface area contributed by atoms with Crippen LogP contribution in [0.2, 0.25) is 5.02 Å². The number of rotatable bonds is 10. The second-order valence-electron chi connectivity index (χ2n) is 8.51. The highest BCUT2D eigenvalue weighted by molar-refractivity contribution is 6.32. The Morgan fingerprint density at radius 2 is 1.94 bits per heavy atom. The van der Waals surface area contributed by atoms with Crippen LogP contribution >= 0.6 is 11.6 Å². The number of ether oxygens (including phenoxy) is 1. The lowest BCUT2D eigenvalue weighted by atomic mass is 10.1. The monoisotopic (exact) mass is 503 g/mol. The number of nitrogens with one attached hydrogen (secondary N) is 1. The zero-order valence-electron chi connectivity index (χ0n) is 20.4. The summed E-state index contributed by atoms with van der Waals surface area (Å²) in [6.07, 6.45) is -0.969. The number of aliphatic hydroxyl groups is 2. The standard InChI is InChI=1S/C24H30ClN5O5/c1-13(2)30(5)20-9-17(7-15(4)27-20)24-28-23(29-35-24)16-6-14(3)22(19(25)8-16)34-12-18(32)10-26-21(33)11-31/h6-9,13,18,31-32H,10-12H2,1-5H3,(H,26,33)/t18-/m1/s1. The molecule has 11 heteroatoms. The average Bonchev–Trinajstić information content (AvgIpc) is 3.31. The van der Waals surface area contributed by atoms with Crippen molar-refractivity contribution in [2.24, 2.45) is 0 Å². The number of carbonyl (C=O) groups excluding carboxylic acids is 1. The number of halogens is 1. The van der Waals surface area contributed by atoms with E-state index >= 15 is 0 Å². The minimum atomic E-state index is -0.969. The van der Waals surface area contributed by atoms with Crippen molar-refractivity contribution in [2.45, 2.75) is 39.8 Å². The van der Waals surface area contributed by atoms with E-state index in [2.05, 4.69) is 39.2 Å². The van der Waals surface area contributed by atoms with Gasteiger partial charge in [0.2, 0.25) is 11.7 Å². The van der Waals surface area contributed by atoms with Crippen molar-refractivity contribution < 1.29 is 24.3 Å². The maximum atomic E-state index is 11.1. The highest BCUT2D eigenvalue weighted by Crippen LogP contribution is 2.34. The Bertz CT molecular complexity index is 1160. The van der Waals surface area contributed by atoms with Crippen LogP contribution in [0.25, 0.3) is 22.8 Å². The lowest BCUT2D eigenvalue weighted by Crippen LogP contribution is -2.36. The van der Waals surface area contributed by atoms with E-state index in [-0.39, 0.29) is 19.2 Å². The Morgan fingerprint density at radius 3 is 2.60 bits per heavy atom. The van der Waals surface area contributed by atoms with Crippen molar-refractivity contribution in [3.8, 4) is 28.6 Å². The fourth-order valence-electron chi connectivity index (χ4n) is 3.25. The number of aryl methyl sites for hydroxylation is 2. The lowest BCUT2D eigenvalue weighted by Gasteiger charge is -2.23. The highest BCUT2D eigenvalue weighted by Gasteiger charge is 2.18. The Hall–Kier alpha value is -3.21. The minimum absolute atomic E-state index is 0.0526. The molecular weight excluding hydrogens is 474 g/mol. The molecule has 0 fully saturated rings. The molecule has 0 aliphatic heterocycles. The molecule has 188 valence electrons. The molecule has 0 aliphatic rings. The summed E-state index contributed by atoms with van der Waals surface area (Å²) >= 11 is 6.44. The topological polar surface area (TPSA) is 134 Å². The molecule has 3 aromatic rings. The van der Waals surface area contributed by atoms with Crippen LogP contribution in [0.1, 0.15) is 25.1 Å². The molecule has 0 saturated heterocycles. The van der Waals surface area contributed by atoms with Gasteiger partial charge in [0.15, 0.2) is 0 Å². The predicted octanol–water partition coefficient (Wildman–Crippen LogP) is 2.76. The van der Waals surface area contributed by atoms with Gasteiger partial charge in [0.25, 0.3) is 5.89 Å². The van der Waals surface area contributed by atoms with Crippen LogP contribution in [0.15, 0.2) is 28.8 Å². The van der Waals surface area contributed by atoms with Crippen molar-refractivity contribution in [3.63, 3.8) is 0 Å². The summed E-state index contributed by atoms with van der Waals surface area (Å²) in [7, 11) is 1.98. The number of carbonyl (C=O) groups is 1. The van der Waals surface area contributed by atoms with Crippen molar-refractivity contribution in [3.05, 3.63) is 40.5 Å². The van der Waals surface area contributed by atoms with Gasteiger partial charge < -0.3 is 29.7 Å². The molecule has 0 unspecified atom stereocenters. The lowest BCUT2D eigenvalue weighted by molar-refractivity contribution is -0.124. The van der Waals surface area contributed by atoms with Gasteiger partial charge >= 0.3 is 0 Å². The molecule has 1 aromatic carbocycles. The van der Waals surface area contributed by atoms with E-state index in [0.29, 0.717) is 33.6 Å². The first-order chi connectivity index (χ1) is 16.6. The Labute approximate surface area is 208 Å². The van der Waals surface area contributed by atoms with Crippen LogP contribution in [-0.2, 0) is 4.79 Å². The minimum Gasteiger partial charge on any atom is -0.489 e. The van der Waals surface area contributed by atoms with E-state index in [4.69, 9.17) is 26.0 Å². The number of aromatic nitrogens is 3. The molecule has 1 amide bonds. The van der Waals surface area contributed by atoms with E-state index in [1.54, 1.807) is 6.07 Å². The molecule has 1 atom stereocenters. The summed E-state index contributed by atoms with van der Waals surface area (Å²) in [5.74, 6) is 1.38. The van der Waals surface area contributed by atoms with Crippen LogP contribution in [-0.4, -0.2) is 70.2 Å². The first-order valence-electron chi connectivity index (χ1n) is 11.1. The van der Waals surface area contributed by atoms with Gasteiger partial charge in [-0.1, -0.05) is 16.8 Å². The number of amides is 1. The third-order valence-electron chi connectivity index (χ3n) is 5.33. The quantitative estimate of drug-likeness (QED) is 0.381. The number of nitrogens with zero attached hydrogens (tertiary/aromatic N) is 4. The van der Waals surface area contributed by atoms with E-state index in [1.807, 2.05) is 39.1 Å². The molecule has 0 saturated carbocycles. The largest absolute Gasteiger partial charge is 0.489 e. The van der Waals surface area contributed by atoms with Crippen LogP contribution in [0.3, 0.4) is 0 Å². The third kappa shape index (κ3) is 6.68. The summed E-state index contributed by atoms with van der Waals surface area (Å²) in [5, 5.41) is 25.5. The van der Waals surface area contributed by atoms with Gasteiger partial charge in [-0.15, -0.1) is 0 Å². The zero-order valence-corrected chi connectivity index (χ0v) is 21.1. The molecule has 2 aromatic heterocycles. The molecule has 35 heavy (non-hydrogen) atoms. The molecule has 10 nitrogen and oxygen atoms in total. The van der Waals surface area contributed by atoms with Crippen molar-refractivity contribution >= 4 is 23.3 Å². The highest BCUT2D eigenvalue weighted by atomic mass is 35.5. The van der Waals surface area contributed by atoms with Crippen LogP contribution in [0.4, 0.5) is 5.82 Å². The molecule has 0 aliphatic carbocycles. The summed E-state index contributed by atoms with van der Waals surface area (Å²) in [6.45, 7) is 7.11. The Kier molecular flexibility index (Phi) is 8.66. The third-order valence-corrected chi connectivity index (χ3v) is 5.62. The van der Waals surface area contributed by atoms with Crippen LogP contribution in [0, 0.1) is 13.8 Å². The molecule has 0 bridgehead atoms. The Balaban J connectivity index is 1.77. The fourth-order valence-corrected chi connectivity index (χ4v) is 3.57. The van der Waals surface area contributed by atoms with Crippen molar-refractivity contribution in [1.82, 2.24) is 20.4 Å². The zero-order chi connectivity index (χ0) is 25.7. The SMILES string of the molecule is Cc1cc(-c2nc(-c3cc(C)c(OC[C@H](O)CNC(=O)CO)c(Cl)c3)no2)cc(N(C)C(C)C)n1. The maximum Gasteiger partial charge on any atom is 0.258 e. The van der Waals surface area contributed by atoms with E-state index in [1.165, 1.54) is 0 Å². The summed E-state index contributed by atoms with van der Waals surface area (Å²) in [5.41, 5.74) is 2.97. The van der Waals surface area contributed by atoms with Gasteiger partial charge in [-0.05, 0) is 57.5 Å². The van der Waals surface area contributed by atoms with Crippen molar-refractivity contribution in [2.75, 3.05) is 31.7 Å². The molecule has 0 spiro atoms. The fraction of sp³-hybridized carbons (Fsp3) is 0.417. The summed E-state index contributed by atoms with van der Waals surface area (Å²) < 4.78 is 11.2. The van der Waals surface area contributed by atoms with Gasteiger partial charge in [-0.2, -0.15) is 4.98 Å². The maximum absolute atomic E-state index is 11.1. The van der Waals surface area contributed by atoms with E-state index in [9.17, 15) is 9.90 Å². The van der Waals surface area contributed by atoms with E-state index in [0.717, 1.165) is 17.1 Å². The predicted molar refractivity (Wildman–Crippen MR) is 133 cm³/mol. The number of hydrogen-bond acceptors (Lipinski definition) is 9. The van der Waals surface area contributed by atoms with Gasteiger partial charge in [-0.3, -0.25) is 4.79 Å². The number of hydrogen-bond donors (Lipinski definition) is 3. The van der Waals surface area contributed by atoms with Gasteiger partial charge in [0.1, 0.15) is 30.9 Å². The van der Waals surface area contributed by atoms with Crippen LogP contribution in [0.5, 0.6) is 5.75 Å². The number of aliphatic hydroxyl groups excluding tert-OH is 2. The first kappa shape index (κ1) is 26.4. The van der Waals surface area contributed by atoms with Gasteiger partial charge in [-0.25, -0.2) is 4.98 Å². The molecular formula is C24H30ClN5O5. The number of benzene rings is 1. The average molecular weight is 504 g/mol. The molecule has 3 rings (SSSR count). The van der Waals surface area contributed by atoms with Gasteiger partial charge in [0, 0.05) is 36.5 Å². The summed E-state index contributed by atoms with van der Waals surface area (Å²) in [6, 6.07) is 7.55. The van der Waals surface area contributed by atoms with Gasteiger partial charge in [0.05, 0.1) is 5.02 Å². The first-order valence-corrected chi connectivity index (χ1v) is 11.5. The normalized spacial score (nSPS) is 12.0. The van der Waals surface area contributed by atoms with Crippen LogP contribution < -0.4 is 15.0 Å². The number of pyridine rings is 1. The Morgan fingerprint density at radius 1 is 1.20 bits per heavy atom. The second-order valence-corrected chi connectivity index (χ2v) is 8.92. The summed E-state index contributed by atoms with van der Waals surface area (Å²) in [4.78, 5) is 22.3. The van der Waals surface area contributed by atoms with E-state index < -0.39 is 18.6 Å². The molecule has 0 radical (unpaired) electrons. The smallest absolute Gasteiger partial charge is 0.258 e. The van der Waals surface area contributed by atoms with Crippen molar-refractivity contribution in [1.29, 1.82) is 0 Å². The molecule has 2 heterocycles. The second kappa shape index (κ2) is 11.5. The molecule has 3 N–H and O–H groups in total. The number of anilines is 1.